The monoisotopic (exact) mass is 334 g/mol. The fourth-order valence-electron chi connectivity index (χ4n) is 3.43. The molecule has 0 N–H and O–H groups in total. The van der Waals surface area contributed by atoms with Gasteiger partial charge in [-0.2, -0.15) is 0 Å². The van der Waals surface area contributed by atoms with Crippen LogP contribution in [-0.2, 0) is 9.31 Å². The van der Waals surface area contributed by atoms with Gasteiger partial charge < -0.3 is 18.1 Å². The Hall–Kier alpha value is -2.24. The molecular weight excluding hydrogens is 315 g/mol. The molecule has 126 valence electrons. The summed E-state index contributed by atoms with van der Waals surface area (Å²) in [6, 6.07) is 12.1. The molecule has 0 spiro atoms. The molecule has 0 aliphatic carbocycles. The molecule has 0 atom stereocenters. The fourth-order valence-corrected chi connectivity index (χ4v) is 3.43. The van der Waals surface area contributed by atoms with Gasteiger partial charge in [0.25, 0.3) is 0 Å². The van der Waals surface area contributed by atoms with E-state index in [2.05, 4.69) is 33.8 Å². The van der Waals surface area contributed by atoms with E-state index in [-0.39, 0.29) is 11.2 Å². The molecule has 0 saturated carbocycles. The summed E-state index contributed by atoms with van der Waals surface area (Å²) in [4.78, 5) is 0. The number of furan rings is 2. The van der Waals surface area contributed by atoms with Gasteiger partial charge in [0.05, 0.1) is 17.5 Å². The average Bonchev–Trinajstić information content (AvgIpc) is 3.19. The molecule has 1 aliphatic heterocycles. The number of para-hydroxylation sites is 1. The highest BCUT2D eigenvalue weighted by Crippen LogP contribution is 2.38. The molecule has 0 amide bonds. The Kier molecular flexibility index (Phi) is 2.82. The first-order chi connectivity index (χ1) is 11.9. The maximum Gasteiger partial charge on any atom is 0.498 e. The van der Waals surface area contributed by atoms with Gasteiger partial charge in [-0.25, -0.2) is 0 Å². The van der Waals surface area contributed by atoms with Crippen molar-refractivity contribution in [2.45, 2.75) is 38.9 Å². The van der Waals surface area contributed by atoms with E-state index in [0.29, 0.717) is 0 Å². The molecule has 5 rings (SSSR count). The van der Waals surface area contributed by atoms with Crippen molar-refractivity contribution in [1.29, 1.82) is 0 Å². The van der Waals surface area contributed by atoms with Crippen LogP contribution in [-0.4, -0.2) is 18.3 Å². The third kappa shape index (κ3) is 2.03. The first-order valence-corrected chi connectivity index (χ1v) is 8.54. The van der Waals surface area contributed by atoms with Crippen LogP contribution in [0.5, 0.6) is 0 Å². The quantitative estimate of drug-likeness (QED) is 0.476. The third-order valence-corrected chi connectivity index (χ3v) is 5.61. The first-order valence-electron chi connectivity index (χ1n) is 8.54. The maximum atomic E-state index is 6.22. The van der Waals surface area contributed by atoms with E-state index >= 15 is 0 Å². The zero-order valence-corrected chi connectivity index (χ0v) is 14.8. The van der Waals surface area contributed by atoms with Crippen molar-refractivity contribution in [3.63, 3.8) is 0 Å². The number of hydrogen-bond donors (Lipinski definition) is 0. The molecule has 4 nitrogen and oxygen atoms in total. The third-order valence-electron chi connectivity index (χ3n) is 5.61. The minimum Gasteiger partial charge on any atom is -0.464 e. The molecule has 5 heteroatoms. The summed E-state index contributed by atoms with van der Waals surface area (Å²) in [7, 11) is -0.447. The molecule has 3 heterocycles. The van der Waals surface area contributed by atoms with Crippen molar-refractivity contribution in [1.82, 2.24) is 0 Å². The average molecular weight is 334 g/mol. The van der Waals surface area contributed by atoms with Gasteiger partial charge in [0.2, 0.25) is 0 Å². The van der Waals surface area contributed by atoms with Crippen LogP contribution in [0.2, 0.25) is 0 Å². The van der Waals surface area contributed by atoms with Crippen LogP contribution >= 0.6 is 0 Å². The van der Waals surface area contributed by atoms with Crippen molar-refractivity contribution < 1.29 is 18.1 Å². The first kappa shape index (κ1) is 15.1. The fraction of sp³-hybridized carbons (Fsp3) is 0.300. The van der Waals surface area contributed by atoms with Gasteiger partial charge >= 0.3 is 7.12 Å². The van der Waals surface area contributed by atoms with E-state index < -0.39 is 7.12 Å². The highest BCUT2D eigenvalue weighted by molar-refractivity contribution is 6.65. The number of fused-ring (bicyclic) bond motifs is 4. The van der Waals surface area contributed by atoms with Gasteiger partial charge in [-0.15, -0.1) is 0 Å². The second kappa shape index (κ2) is 4.68. The molecule has 25 heavy (non-hydrogen) atoms. The van der Waals surface area contributed by atoms with Gasteiger partial charge in [-0.3, -0.25) is 0 Å². The lowest BCUT2D eigenvalue weighted by atomic mass is 9.78. The minimum atomic E-state index is -0.447. The zero-order chi connectivity index (χ0) is 17.4. The van der Waals surface area contributed by atoms with Gasteiger partial charge in [-0.1, -0.05) is 18.2 Å². The lowest BCUT2D eigenvalue weighted by Crippen LogP contribution is -2.41. The van der Waals surface area contributed by atoms with Crippen molar-refractivity contribution in [3.8, 4) is 0 Å². The van der Waals surface area contributed by atoms with Crippen LogP contribution in [0, 0.1) is 0 Å². The van der Waals surface area contributed by atoms with E-state index in [1.54, 1.807) is 6.26 Å². The van der Waals surface area contributed by atoms with Crippen LogP contribution in [0.4, 0.5) is 0 Å². The van der Waals surface area contributed by atoms with Crippen molar-refractivity contribution in [3.05, 3.63) is 42.7 Å². The lowest BCUT2D eigenvalue weighted by Gasteiger charge is -2.32. The van der Waals surface area contributed by atoms with Gasteiger partial charge in [0.15, 0.2) is 0 Å². The van der Waals surface area contributed by atoms with Crippen LogP contribution in [0.3, 0.4) is 0 Å². The second-order valence-corrected chi connectivity index (χ2v) is 7.72. The molecule has 0 bridgehead atoms. The van der Waals surface area contributed by atoms with Crippen LogP contribution in [0.15, 0.2) is 51.5 Å². The lowest BCUT2D eigenvalue weighted by molar-refractivity contribution is 0.00578. The maximum absolute atomic E-state index is 6.22. The Morgan fingerprint density at radius 1 is 0.840 bits per heavy atom. The summed E-state index contributed by atoms with van der Waals surface area (Å²) in [6.45, 7) is 8.22. The minimum absolute atomic E-state index is 0.383. The summed E-state index contributed by atoms with van der Waals surface area (Å²) >= 11 is 0. The molecule has 2 aromatic carbocycles. The predicted octanol–water partition coefficient (Wildman–Crippen LogP) is 4.63. The van der Waals surface area contributed by atoms with E-state index in [9.17, 15) is 0 Å². The molecule has 2 aromatic heterocycles. The van der Waals surface area contributed by atoms with Crippen LogP contribution in [0.25, 0.3) is 32.9 Å². The standard InChI is InChI=1S/C20H19BO4/c1-19(2)20(3,4)25-21(24-19)15-7-5-6-13-14-11-16-12(8-9-22-16)10-17(14)23-18(13)15/h5-11H,1-4H3. The number of hydrogen-bond acceptors (Lipinski definition) is 4. The summed E-state index contributed by atoms with van der Waals surface area (Å²) in [5, 5.41) is 3.11. The van der Waals surface area contributed by atoms with Crippen molar-refractivity contribution in [2.75, 3.05) is 0 Å². The summed E-state index contributed by atoms with van der Waals surface area (Å²) in [5.41, 5.74) is 2.66. The van der Waals surface area contributed by atoms with E-state index in [1.807, 2.05) is 30.3 Å². The highest BCUT2D eigenvalue weighted by Gasteiger charge is 2.52. The largest absolute Gasteiger partial charge is 0.498 e. The van der Waals surface area contributed by atoms with Gasteiger partial charge in [0.1, 0.15) is 16.7 Å². The summed E-state index contributed by atoms with van der Waals surface area (Å²) in [6.07, 6.45) is 1.70. The highest BCUT2D eigenvalue weighted by atomic mass is 16.7. The van der Waals surface area contributed by atoms with E-state index in [4.69, 9.17) is 18.1 Å². The van der Waals surface area contributed by atoms with Crippen LogP contribution in [0.1, 0.15) is 27.7 Å². The molecule has 1 aliphatic rings. The SMILES string of the molecule is CC1(C)OB(c2cccc3c2oc2cc4ccoc4cc23)OC1(C)C. The molecule has 4 aromatic rings. The molecular formula is C20H19BO4. The number of benzene rings is 2. The Morgan fingerprint density at radius 2 is 1.60 bits per heavy atom. The van der Waals surface area contributed by atoms with Crippen molar-refractivity contribution in [2.24, 2.45) is 0 Å². The zero-order valence-electron chi connectivity index (χ0n) is 14.8. The Bertz CT molecular complexity index is 1100. The van der Waals surface area contributed by atoms with Gasteiger partial charge in [0, 0.05) is 21.6 Å². The summed E-state index contributed by atoms with van der Waals surface area (Å²) < 4.78 is 24.2. The van der Waals surface area contributed by atoms with Crippen molar-refractivity contribution >= 4 is 45.5 Å². The van der Waals surface area contributed by atoms with E-state index in [0.717, 1.165) is 38.4 Å². The second-order valence-electron chi connectivity index (χ2n) is 7.72. The topological polar surface area (TPSA) is 44.7 Å². The Labute approximate surface area is 145 Å². The molecule has 1 saturated heterocycles. The summed E-state index contributed by atoms with van der Waals surface area (Å²) in [5.74, 6) is 0. The smallest absolute Gasteiger partial charge is 0.464 e. The predicted molar refractivity (Wildman–Crippen MR) is 99.2 cm³/mol. The van der Waals surface area contributed by atoms with Gasteiger partial charge in [-0.05, 0) is 45.9 Å². The van der Waals surface area contributed by atoms with E-state index in [1.165, 1.54) is 0 Å². The Balaban J connectivity index is 1.73. The number of rotatable bonds is 1. The molecule has 0 radical (unpaired) electrons. The Morgan fingerprint density at radius 3 is 2.36 bits per heavy atom. The van der Waals surface area contributed by atoms with Crippen LogP contribution < -0.4 is 5.46 Å². The normalized spacial score (nSPS) is 19.4. The molecule has 0 unspecified atom stereocenters. The molecule has 1 fully saturated rings.